The van der Waals surface area contributed by atoms with E-state index in [-0.39, 0.29) is 0 Å². The minimum atomic E-state index is -0.464. The largest absolute Gasteiger partial charge is 0.397 e. The summed E-state index contributed by atoms with van der Waals surface area (Å²) in [6.45, 7) is 1.69. The lowest BCUT2D eigenvalue weighted by molar-refractivity contribution is 0.0134. The zero-order valence-electron chi connectivity index (χ0n) is 11.0. The summed E-state index contributed by atoms with van der Waals surface area (Å²) < 4.78 is 5.66. The van der Waals surface area contributed by atoms with Crippen LogP contribution in [0.3, 0.4) is 0 Å². The van der Waals surface area contributed by atoms with Crippen molar-refractivity contribution in [2.24, 2.45) is 5.73 Å². The van der Waals surface area contributed by atoms with Gasteiger partial charge < -0.3 is 21.5 Å². The molecule has 1 aliphatic rings. The molecule has 0 bridgehead atoms. The molecule has 0 radical (unpaired) electrons. The van der Waals surface area contributed by atoms with Crippen LogP contribution in [-0.2, 0) is 4.74 Å². The molecule has 5 nitrogen and oxygen atoms in total. The van der Waals surface area contributed by atoms with E-state index in [0.29, 0.717) is 17.4 Å². The van der Waals surface area contributed by atoms with Crippen LogP contribution in [0, 0.1) is 0 Å². The monoisotopic (exact) mass is 263 g/mol. The maximum Gasteiger partial charge on any atom is 0.248 e. The van der Waals surface area contributed by atoms with Gasteiger partial charge in [-0.05, 0) is 43.9 Å². The summed E-state index contributed by atoms with van der Waals surface area (Å²) in [6.07, 6.45) is 4.88. The maximum atomic E-state index is 11.0. The number of carbonyl (C=O) groups excluding carboxylic acids is 1. The molecule has 1 saturated heterocycles. The minimum absolute atomic E-state index is 0.354. The average Bonchev–Trinajstić information content (AvgIpc) is 2.41. The number of hydrogen-bond acceptors (Lipinski definition) is 4. The van der Waals surface area contributed by atoms with Gasteiger partial charge in [0.25, 0.3) is 0 Å². The molecule has 1 aliphatic heterocycles. The summed E-state index contributed by atoms with van der Waals surface area (Å²) in [4.78, 5) is 11.0. The molecule has 5 N–H and O–H groups in total. The zero-order chi connectivity index (χ0) is 13.7. The van der Waals surface area contributed by atoms with Crippen molar-refractivity contribution >= 4 is 17.3 Å². The van der Waals surface area contributed by atoms with Crippen LogP contribution in [0.2, 0.25) is 0 Å². The first kappa shape index (κ1) is 13.7. The van der Waals surface area contributed by atoms with Gasteiger partial charge in [0.1, 0.15) is 0 Å². The van der Waals surface area contributed by atoms with Crippen LogP contribution in [0.1, 0.15) is 36.0 Å². The first-order valence-electron chi connectivity index (χ1n) is 6.71. The molecule has 5 heteroatoms. The van der Waals surface area contributed by atoms with Crippen molar-refractivity contribution < 1.29 is 9.53 Å². The van der Waals surface area contributed by atoms with Crippen molar-refractivity contribution in [2.45, 2.75) is 31.8 Å². The number of nitrogens with two attached hydrogens (primary N) is 2. The third-order valence-electron chi connectivity index (χ3n) is 3.39. The number of nitrogen functional groups attached to an aromatic ring is 1. The summed E-state index contributed by atoms with van der Waals surface area (Å²) in [6, 6.07) is 5.07. The number of amides is 1. The van der Waals surface area contributed by atoms with E-state index >= 15 is 0 Å². The summed E-state index contributed by atoms with van der Waals surface area (Å²) in [5, 5.41) is 3.27. The van der Waals surface area contributed by atoms with E-state index in [1.165, 1.54) is 12.8 Å². The second-order valence-electron chi connectivity index (χ2n) is 4.87. The Morgan fingerprint density at radius 3 is 2.89 bits per heavy atom. The lowest BCUT2D eigenvalue weighted by atomic mass is 10.1. The highest BCUT2D eigenvalue weighted by Gasteiger charge is 2.13. The van der Waals surface area contributed by atoms with Crippen LogP contribution in [-0.4, -0.2) is 25.2 Å². The van der Waals surface area contributed by atoms with Gasteiger partial charge in [-0.1, -0.05) is 0 Å². The molecule has 0 aromatic heterocycles. The van der Waals surface area contributed by atoms with Gasteiger partial charge in [-0.15, -0.1) is 0 Å². The van der Waals surface area contributed by atoms with Gasteiger partial charge in [-0.2, -0.15) is 0 Å². The van der Waals surface area contributed by atoms with Crippen LogP contribution in [0.25, 0.3) is 0 Å². The van der Waals surface area contributed by atoms with Crippen LogP contribution < -0.4 is 16.8 Å². The quantitative estimate of drug-likeness (QED) is 0.706. The SMILES string of the molecule is NC(=O)c1ccc(NCCC2CCCCO2)c(N)c1. The predicted octanol–water partition coefficient (Wildman–Crippen LogP) is 1.74. The van der Waals surface area contributed by atoms with E-state index in [1.54, 1.807) is 18.2 Å². The van der Waals surface area contributed by atoms with Crippen molar-refractivity contribution in [3.05, 3.63) is 23.8 Å². The first-order valence-corrected chi connectivity index (χ1v) is 6.71. The molecule has 104 valence electrons. The number of ether oxygens (including phenoxy) is 1. The number of anilines is 2. The van der Waals surface area contributed by atoms with E-state index in [9.17, 15) is 4.79 Å². The zero-order valence-corrected chi connectivity index (χ0v) is 11.0. The van der Waals surface area contributed by atoms with E-state index in [4.69, 9.17) is 16.2 Å². The van der Waals surface area contributed by atoms with Crippen molar-refractivity contribution in [1.29, 1.82) is 0 Å². The normalized spacial score (nSPS) is 19.1. The summed E-state index contributed by atoms with van der Waals surface area (Å²) in [7, 11) is 0. The fourth-order valence-corrected chi connectivity index (χ4v) is 2.28. The number of hydrogen-bond donors (Lipinski definition) is 3. The van der Waals surface area contributed by atoms with Crippen LogP contribution in [0.4, 0.5) is 11.4 Å². The highest BCUT2D eigenvalue weighted by Crippen LogP contribution is 2.21. The van der Waals surface area contributed by atoms with Gasteiger partial charge in [0.2, 0.25) is 5.91 Å². The van der Waals surface area contributed by atoms with Gasteiger partial charge in [-0.3, -0.25) is 4.79 Å². The Labute approximate surface area is 113 Å². The fourth-order valence-electron chi connectivity index (χ4n) is 2.28. The summed E-state index contributed by atoms with van der Waals surface area (Å²) >= 11 is 0. The predicted molar refractivity (Wildman–Crippen MR) is 76.1 cm³/mol. The molecular formula is C14H21N3O2. The standard InChI is InChI=1S/C14H21N3O2/c15-12-9-10(14(16)18)4-5-13(12)17-7-6-11-3-1-2-8-19-11/h4-5,9,11,17H,1-3,6-8,15H2,(H2,16,18). The second kappa shape index (κ2) is 6.43. The number of carbonyl (C=O) groups is 1. The number of nitrogens with one attached hydrogen (secondary N) is 1. The number of benzene rings is 1. The molecule has 1 aromatic carbocycles. The van der Waals surface area contributed by atoms with Gasteiger partial charge in [-0.25, -0.2) is 0 Å². The molecule has 0 aliphatic carbocycles. The van der Waals surface area contributed by atoms with Crippen molar-refractivity contribution in [1.82, 2.24) is 0 Å². The van der Waals surface area contributed by atoms with Gasteiger partial charge >= 0.3 is 0 Å². The van der Waals surface area contributed by atoms with E-state index in [1.807, 2.05) is 0 Å². The Bertz CT molecular complexity index is 442. The Morgan fingerprint density at radius 1 is 1.42 bits per heavy atom. The van der Waals surface area contributed by atoms with Gasteiger partial charge in [0.05, 0.1) is 17.5 Å². The summed E-state index contributed by atoms with van der Waals surface area (Å²) in [5.41, 5.74) is 12.9. The molecular weight excluding hydrogens is 242 g/mol. The molecule has 19 heavy (non-hydrogen) atoms. The highest BCUT2D eigenvalue weighted by atomic mass is 16.5. The fraction of sp³-hybridized carbons (Fsp3) is 0.500. The van der Waals surface area contributed by atoms with E-state index in [2.05, 4.69) is 5.32 Å². The van der Waals surface area contributed by atoms with Gasteiger partial charge in [0, 0.05) is 18.7 Å². The van der Waals surface area contributed by atoms with Crippen molar-refractivity contribution in [3.63, 3.8) is 0 Å². The maximum absolute atomic E-state index is 11.0. The van der Waals surface area contributed by atoms with Crippen LogP contribution in [0.5, 0.6) is 0 Å². The molecule has 1 atom stereocenters. The molecule has 1 fully saturated rings. The Morgan fingerprint density at radius 2 is 2.26 bits per heavy atom. The summed E-state index contributed by atoms with van der Waals surface area (Å²) in [5.74, 6) is -0.464. The Balaban J connectivity index is 1.83. The highest BCUT2D eigenvalue weighted by molar-refractivity contribution is 5.94. The molecule has 0 spiro atoms. The van der Waals surface area contributed by atoms with Gasteiger partial charge in [0.15, 0.2) is 0 Å². The average molecular weight is 263 g/mol. The lowest BCUT2D eigenvalue weighted by Crippen LogP contribution is -2.22. The number of rotatable bonds is 5. The Hall–Kier alpha value is -1.75. The lowest BCUT2D eigenvalue weighted by Gasteiger charge is -2.22. The van der Waals surface area contributed by atoms with Crippen molar-refractivity contribution in [2.75, 3.05) is 24.2 Å². The smallest absolute Gasteiger partial charge is 0.248 e. The van der Waals surface area contributed by atoms with E-state index < -0.39 is 5.91 Å². The topological polar surface area (TPSA) is 90.4 Å². The first-order chi connectivity index (χ1) is 9.16. The second-order valence-corrected chi connectivity index (χ2v) is 4.87. The van der Waals surface area contributed by atoms with Crippen molar-refractivity contribution in [3.8, 4) is 0 Å². The minimum Gasteiger partial charge on any atom is -0.397 e. The third-order valence-corrected chi connectivity index (χ3v) is 3.39. The van der Waals surface area contributed by atoms with Crippen LogP contribution in [0.15, 0.2) is 18.2 Å². The van der Waals surface area contributed by atoms with Crippen LogP contribution >= 0.6 is 0 Å². The Kier molecular flexibility index (Phi) is 4.63. The molecule has 1 aromatic rings. The third kappa shape index (κ3) is 3.86. The van der Waals surface area contributed by atoms with E-state index in [0.717, 1.165) is 31.7 Å². The number of primary amides is 1. The molecule has 2 rings (SSSR count). The molecule has 0 saturated carbocycles. The molecule has 1 amide bonds. The molecule has 1 heterocycles. The molecule has 1 unspecified atom stereocenters.